The van der Waals surface area contributed by atoms with Gasteiger partial charge in [-0.15, -0.1) is 5.10 Å². The Morgan fingerprint density at radius 1 is 1.56 bits per heavy atom. The number of nitrogens with zero attached hydrogens (tertiary/aromatic N) is 5. The van der Waals surface area contributed by atoms with Crippen LogP contribution in [0.25, 0.3) is 0 Å². The lowest BCUT2D eigenvalue weighted by molar-refractivity contribution is 0.0689. The van der Waals surface area contributed by atoms with E-state index in [-0.39, 0.29) is 5.69 Å². The zero-order chi connectivity index (χ0) is 13.1. The maximum absolute atomic E-state index is 11.0. The molecule has 0 atom stereocenters. The number of carboxylic acids is 1. The zero-order valence-corrected chi connectivity index (χ0v) is 9.94. The molecule has 0 bridgehead atoms. The van der Waals surface area contributed by atoms with E-state index in [1.807, 2.05) is 11.6 Å². The zero-order valence-electron chi connectivity index (χ0n) is 9.94. The fourth-order valence-electron chi connectivity index (χ4n) is 1.70. The van der Waals surface area contributed by atoms with Gasteiger partial charge in [0.2, 0.25) is 0 Å². The van der Waals surface area contributed by atoms with E-state index >= 15 is 0 Å². The molecule has 96 valence electrons. The van der Waals surface area contributed by atoms with Crippen LogP contribution in [-0.2, 0) is 20.0 Å². The molecule has 0 saturated carbocycles. The van der Waals surface area contributed by atoms with Gasteiger partial charge in [0.05, 0.1) is 30.5 Å². The minimum absolute atomic E-state index is 0.0392. The van der Waals surface area contributed by atoms with Crippen molar-refractivity contribution in [2.24, 2.45) is 12.8 Å². The number of hydrogen-bond donors (Lipinski definition) is 2. The van der Waals surface area contributed by atoms with Crippen LogP contribution >= 0.6 is 0 Å². The minimum atomic E-state index is -1.09. The van der Waals surface area contributed by atoms with E-state index in [2.05, 4.69) is 15.3 Å². The summed E-state index contributed by atoms with van der Waals surface area (Å²) < 4.78 is 3.39. The molecule has 0 aliphatic heterocycles. The first-order chi connectivity index (χ1) is 8.63. The summed E-state index contributed by atoms with van der Waals surface area (Å²) in [6, 6.07) is 0. The molecule has 0 aliphatic carbocycles. The van der Waals surface area contributed by atoms with Crippen LogP contribution in [0.3, 0.4) is 0 Å². The molecule has 0 spiro atoms. The second kappa shape index (κ2) is 4.96. The Hall–Kier alpha value is -2.22. The highest BCUT2D eigenvalue weighted by Gasteiger charge is 2.18. The number of carbonyl (C=O) groups is 1. The number of carboxylic acid groups (broad SMARTS) is 1. The summed E-state index contributed by atoms with van der Waals surface area (Å²) in [5.41, 5.74) is 6.89. The van der Waals surface area contributed by atoms with Crippen LogP contribution in [0.1, 0.15) is 21.9 Å². The van der Waals surface area contributed by atoms with Gasteiger partial charge in [0, 0.05) is 13.5 Å². The SMILES string of the molecule is Cn1cncc1Cn1nnc(C(=O)O)c1CCN. The Kier molecular flexibility index (Phi) is 3.38. The third kappa shape index (κ3) is 2.23. The monoisotopic (exact) mass is 250 g/mol. The fourth-order valence-corrected chi connectivity index (χ4v) is 1.70. The standard InChI is InChI=1S/C10H14N6O2/c1-15-6-12-4-7(15)5-16-8(2-3-11)9(10(17)18)13-14-16/h4,6H,2-3,5,11H2,1H3,(H,17,18). The average Bonchev–Trinajstić information content (AvgIpc) is 2.89. The van der Waals surface area contributed by atoms with Gasteiger partial charge in [-0.25, -0.2) is 14.5 Å². The number of hydrogen-bond acceptors (Lipinski definition) is 5. The minimum Gasteiger partial charge on any atom is -0.476 e. The molecule has 2 rings (SSSR count). The van der Waals surface area contributed by atoms with Crippen LogP contribution < -0.4 is 5.73 Å². The molecule has 0 fully saturated rings. The van der Waals surface area contributed by atoms with E-state index in [0.717, 1.165) is 5.69 Å². The lowest BCUT2D eigenvalue weighted by Gasteiger charge is -2.06. The van der Waals surface area contributed by atoms with Gasteiger partial charge < -0.3 is 15.4 Å². The van der Waals surface area contributed by atoms with Crippen molar-refractivity contribution >= 4 is 5.97 Å². The number of rotatable bonds is 5. The highest BCUT2D eigenvalue weighted by Crippen LogP contribution is 2.09. The molecule has 0 saturated heterocycles. The maximum Gasteiger partial charge on any atom is 0.358 e. The van der Waals surface area contributed by atoms with Gasteiger partial charge >= 0.3 is 5.97 Å². The summed E-state index contributed by atoms with van der Waals surface area (Å²) in [7, 11) is 1.86. The van der Waals surface area contributed by atoms with Crippen LogP contribution in [0.4, 0.5) is 0 Å². The van der Waals surface area contributed by atoms with Crippen molar-refractivity contribution in [3.8, 4) is 0 Å². The van der Waals surface area contributed by atoms with Crippen molar-refractivity contribution in [3.63, 3.8) is 0 Å². The third-order valence-electron chi connectivity index (χ3n) is 2.65. The molecule has 0 unspecified atom stereocenters. The molecular weight excluding hydrogens is 236 g/mol. The highest BCUT2D eigenvalue weighted by molar-refractivity contribution is 5.86. The normalized spacial score (nSPS) is 10.8. The van der Waals surface area contributed by atoms with Gasteiger partial charge in [-0.2, -0.15) is 0 Å². The van der Waals surface area contributed by atoms with E-state index in [9.17, 15) is 4.79 Å². The fraction of sp³-hybridized carbons (Fsp3) is 0.400. The number of nitrogens with two attached hydrogens (primary N) is 1. The largest absolute Gasteiger partial charge is 0.476 e. The third-order valence-corrected chi connectivity index (χ3v) is 2.65. The van der Waals surface area contributed by atoms with E-state index in [0.29, 0.717) is 25.2 Å². The summed E-state index contributed by atoms with van der Waals surface area (Å²) in [6.07, 6.45) is 3.80. The Morgan fingerprint density at radius 3 is 2.89 bits per heavy atom. The van der Waals surface area contributed by atoms with E-state index in [4.69, 9.17) is 10.8 Å². The van der Waals surface area contributed by atoms with Gasteiger partial charge in [0.1, 0.15) is 0 Å². The topological polar surface area (TPSA) is 112 Å². The van der Waals surface area contributed by atoms with E-state index < -0.39 is 5.97 Å². The Balaban J connectivity index is 2.33. The second-order valence-corrected chi connectivity index (χ2v) is 3.88. The molecule has 18 heavy (non-hydrogen) atoms. The summed E-state index contributed by atoms with van der Waals surface area (Å²) in [4.78, 5) is 15.0. The molecular formula is C10H14N6O2. The van der Waals surface area contributed by atoms with Crippen LogP contribution in [0.15, 0.2) is 12.5 Å². The van der Waals surface area contributed by atoms with Crippen molar-refractivity contribution in [1.29, 1.82) is 0 Å². The highest BCUT2D eigenvalue weighted by atomic mass is 16.4. The van der Waals surface area contributed by atoms with E-state index in [1.165, 1.54) is 0 Å². The van der Waals surface area contributed by atoms with Crippen molar-refractivity contribution in [1.82, 2.24) is 24.5 Å². The summed E-state index contributed by atoms with van der Waals surface area (Å²) in [5, 5.41) is 16.5. The van der Waals surface area contributed by atoms with Crippen LogP contribution in [0.2, 0.25) is 0 Å². The first kappa shape index (κ1) is 12.2. The lowest BCUT2D eigenvalue weighted by atomic mass is 10.2. The van der Waals surface area contributed by atoms with Crippen molar-refractivity contribution in [2.45, 2.75) is 13.0 Å². The average molecular weight is 250 g/mol. The first-order valence-corrected chi connectivity index (χ1v) is 5.44. The Bertz CT molecular complexity index is 558. The second-order valence-electron chi connectivity index (χ2n) is 3.88. The van der Waals surface area contributed by atoms with Crippen LogP contribution in [0.5, 0.6) is 0 Å². The summed E-state index contributed by atoms with van der Waals surface area (Å²) in [5.74, 6) is -1.09. The van der Waals surface area contributed by atoms with Gasteiger partial charge in [0.25, 0.3) is 0 Å². The van der Waals surface area contributed by atoms with Crippen molar-refractivity contribution in [3.05, 3.63) is 29.6 Å². The molecule has 0 aliphatic rings. The van der Waals surface area contributed by atoms with Crippen molar-refractivity contribution in [2.75, 3.05) is 6.54 Å². The van der Waals surface area contributed by atoms with Gasteiger partial charge in [-0.05, 0) is 6.54 Å². The Labute approximate surface area is 103 Å². The van der Waals surface area contributed by atoms with Gasteiger partial charge in [0.15, 0.2) is 5.69 Å². The molecule has 0 radical (unpaired) electrons. The number of aromatic carboxylic acids is 1. The van der Waals surface area contributed by atoms with Crippen LogP contribution in [-0.4, -0.2) is 42.2 Å². The molecule has 2 aromatic heterocycles. The van der Waals surface area contributed by atoms with Gasteiger partial charge in [-0.1, -0.05) is 5.21 Å². The molecule has 0 aromatic carbocycles. The van der Waals surface area contributed by atoms with Crippen molar-refractivity contribution < 1.29 is 9.90 Å². The number of imidazole rings is 1. The Morgan fingerprint density at radius 2 is 2.33 bits per heavy atom. The van der Waals surface area contributed by atoms with Crippen LogP contribution in [0, 0.1) is 0 Å². The van der Waals surface area contributed by atoms with E-state index in [1.54, 1.807) is 17.2 Å². The molecule has 8 heteroatoms. The quantitative estimate of drug-likeness (QED) is 0.722. The smallest absolute Gasteiger partial charge is 0.358 e. The maximum atomic E-state index is 11.0. The summed E-state index contributed by atoms with van der Waals surface area (Å²) in [6.45, 7) is 0.769. The predicted molar refractivity (Wildman–Crippen MR) is 62.0 cm³/mol. The number of aryl methyl sites for hydroxylation is 1. The molecule has 0 amide bonds. The van der Waals surface area contributed by atoms with Gasteiger partial charge in [-0.3, -0.25) is 0 Å². The first-order valence-electron chi connectivity index (χ1n) is 5.44. The lowest BCUT2D eigenvalue weighted by Crippen LogP contribution is -2.15. The summed E-state index contributed by atoms with van der Waals surface area (Å²) >= 11 is 0. The molecule has 2 heterocycles. The molecule has 3 N–H and O–H groups in total. The molecule has 2 aromatic rings. The predicted octanol–water partition coefficient (Wildman–Crippen LogP) is -0.741. The molecule has 8 nitrogen and oxygen atoms in total. The number of aromatic nitrogens is 5.